The van der Waals surface area contributed by atoms with E-state index in [9.17, 15) is 9.90 Å². The Morgan fingerprint density at radius 3 is 2.46 bits per heavy atom. The third kappa shape index (κ3) is 4.09. The zero-order chi connectivity index (χ0) is 20.4. The van der Waals surface area contributed by atoms with Crippen LogP contribution in [0.15, 0.2) is 46.9 Å². The lowest BCUT2D eigenvalue weighted by Gasteiger charge is -2.20. The van der Waals surface area contributed by atoms with Crippen LogP contribution < -0.4 is 4.74 Å². The quantitative estimate of drug-likeness (QED) is 0.488. The Morgan fingerprint density at radius 2 is 1.86 bits per heavy atom. The minimum absolute atomic E-state index is 0.0362. The molecule has 1 aromatic heterocycles. The first kappa shape index (κ1) is 20.5. The van der Waals surface area contributed by atoms with Gasteiger partial charge in [0.1, 0.15) is 5.75 Å². The van der Waals surface area contributed by atoms with Crippen LogP contribution >= 0.6 is 15.9 Å². The van der Waals surface area contributed by atoms with Crippen LogP contribution in [0.2, 0.25) is 0 Å². The molecule has 3 rings (SSSR count). The van der Waals surface area contributed by atoms with E-state index in [1.165, 1.54) is 16.8 Å². The highest BCUT2D eigenvalue weighted by Crippen LogP contribution is 2.38. The number of carbonyl (C=O) groups is 1. The van der Waals surface area contributed by atoms with Crippen molar-refractivity contribution < 1.29 is 14.6 Å². The predicted octanol–water partition coefficient (Wildman–Crippen LogP) is 5.98. The second-order valence-corrected chi connectivity index (χ2v) is 8.37. The number of ether oxygens (including phenoxy) is 1. The molecule has 0 radical (unpaired) electrons. The van der Waals surface area contributed by atoms with Gasteiger partial charge in [-0.3, -0.25) is 4.79 Å². The van der Waals surface area contributed by atoms with Gasteiger partial charge in [0.15, 0.2) is 0 Å². The molecule has 28 heavy (non-hydrogen) atoms. The number of aromatic nitrogens is 1. The number of carboxylic acid groups (broad SMARTS) is 1. The van der Waals surface area contributed by atoms with Crippen molar-refractivity contribution in [2.75, 3.05) is 7.11 Å². The first-order valence-corrected chi connectivity index (χ1v) is 10.2. The third-order valence-electron chi connectivity index (χ3n) is 5.64. The molecular formula is C23H26BrNO3. The standard InChI is InChI=1S/C23H26BrNO3/c1-14(11-22(26)27)15(2)23-16(3)25(13-17-5-7-18(24)8-6-17)21-10-9-19(28-4)12-20(21)23/h5-10,12,14-15H,11,13H2,1-4H3,(H,26,27). The topological polar surface area (TPSA) is 51.5 Å². The zero-order valence-corrected chi connectivity index (χ0v) is 18.3. The Kier molecular flexibility index (Phi) is 6.14. The summed E-state index contributed by atoms with van der Waals surface area (Å²) >= 11 is 3.49. The first-order chi connectivity index (χ1) is 13.3. The Balaban J connectivity index is 2.12. The highest BCUT2D eigenvalue weighted by molar-refractivity contribution is 9.10. The Labute approximate surface area is 174 Å². The van der Waals surface area contributed by atoms with Crippen molar-refractivity contribution in [1.29, 1.82) is 0 Å². The van der Waals surface area contributed by atoms with Crippen molar-refractivity contribution in [3.8, 4) is 5.75 Å². The summed E-state index contributed by atoms with van der Waals surface area (Å²) in [6, 6.07) is 14.5. The minimum Gasteiger partial charge on any atom is -0.497 e. The molecule has 1 heterocycles. The molecule has 2 atom stereocenters. The highest BCUT2D eigenvalue weighted by atomic mass is 79.9. The van der Waals surface area contributed by atoms with Gasteiger partial charge in [-0.05, 0) is 60.2 Å². The van der Waals surface area contributed by atoms with Crippen LogP contribution in [0.5, 0.6) is 5.75 Å². The summed E-state index contributed by atoms with van der Waals surface area (Å²) < 4.78 is 8.83. The van der Waals surface area contributed by atoms with E-state index in [1.54, 1.807) is 7.11 Å². The van der Waals surface area contributed by atoms with Gasteiger partial charge >= 0.3 is 5.97 Å². The van der Waals surface area contributed by atoms with Crippen LogP contribution in [0.25, 0.3) is 10.9 Å². The molecule has 3 aromatic rings. The molecule has 2 unspecified atom stereocenters. The molecule has 0 fully saturated rings. The van der Waals surface area contributed by atoms with Gasteiger partial charge in [0, 0.05) is 34.0 Å². The fourth-order valence-corrected chi connectivity index (χ4v) is 4.17. The molecule has 2 aromatic carbocycles. The lowest BCUT2D eigenvalue weighted by Crippen LogP contribution is -2.12. The normalized spacial score (nSPS) is 13.5. The van der Waals surface area contributed by atoms with Crippen LogP contribution in [0.4, 0.5) is 0 Å². The summed E-state index contributed by atoms with van der Waals surface area (Å²) in [5.41, 5.74) is 4.75. The van der Waals surface area contributed by atoms with Gasteiger partial charge in [-0.15, -0.1) is 0 Å². The Hall–Kier alpha value is -2.27. The molecule has 0 saturated heterocycles. The van der Waals surface area contributed by atoms with Gasteiger partial charge in [0.05, 0.1) is 7.11 Å². The number of rotatable bonds is 7. The Morgan fingerprint density at radius 1 is 1.18 bits per heavy atom. The smallest absolute Gasteiger partial charge is 0.303 e. The number of hydrogen-bond acceptors (Lipinski definition) is 2. The molecule has 0 aliphatic carbocycles. The fraction of sp³-hybridized carbons (Fsp3) is 0.348. The number of carboxylic acids is 1. The lowest BCUT2D eigenvalue weighted by molar-refractivity contribution is -0.138. The summed E-state index contributed by atoms with van der Waals surface area (Å²) in [6.07, 6.45) is 0.157. The van der Waals surface area contributed by atoms with Gasteiger partial charge in [-0.1, -0.05) is 41.9 Å². The first-order valence-electron chi connectivity index (χ1n) is 9.44. The molecule has 0 saturated carbocycles. The van der Waals surface area contributed by atoms with E-state index in [0.29, 0.717) is 0 Å². The van der Waals surface area contributed by atoms with Crippen LogP contribution in [-0.4, -0.2) is 22.8 Å². The molecule has 5 heteroatoms. The molecular weight excluding hydrogens is 418 g/mol. The number of fused-ring (bicyclic) bond motifs is 1. The number of nitrogens with zero attached hydrogens (tertiary/aromatic N) is 1. The summed E-state index contributed by atoms with van der Waals surface area (Å²) in [7, 11) is 1.67. The van der Waals surface area contributed by atoms with E-state index in [1.807, 2.05) is 13.0 Å². The number of hydrogen-bond donors (Lipinski definition) is 1. The van der Waals surface area contributed by atoms with Crippen molar-refractivity contribution >= 4 is 32.8 Å². The number of methoxy groups -OCH3 is 1. The monoisotopic (exact) mass is 443 g/mol. The van der Waals surface area contributed by atoms with Crippen LogP contribution in [0.3, 0.4) is 0 Å². The van der Waals surface area contributed by atoms with Gasteiger partial charge in [0.2, 0.25) is 0 Å². The predicted molar refractivity (Wildman–Crippen MR) is 116 cm³/mol. The van der Waals surface area contributed by atoms with E-state index in [0.717, 1.165) is 27.7 Å². The molecule has 4 nitrogen and oxygen atoms in total. The van der Waals surface area contributed by atoms with E-state index in [-0.39, 0.29) is 18.3 Å². The summed E-state index contributed by atoms with van der Waals surface area (Å²) in [4.78, 5) is 11.2. The van der Waals surface area contributed by atoms with Crippen LogP contribution in [0.1, 0.15) is 43.0 Å². The zero-order valence-electron chi connectivity index (χ0n) is 16.7. The van der Waals surface area contributed by atoms with Crippen molar-refractivity contribution in [3.05, 3.63) is 63.8 Å². The van der Waals surface area contributed by atoms with Gasteiger partial charge < -0.3 is 14.4 Å². The SMILES string of the molecule is COc1ccc2c(c1)c(C(C)C(C)CC(=O)O)c(C)n2Cc1ccc(Br)cc1. The van der Waals surface area contributed by atoms with Gasteiger partial charge in [-0.25, -0.2) is 0 Å². The second-order valence-electron chi connectivity index (χ2n) is 7.46. The van der Waals surface area contributed by atoms with Crippen molar-refractivity contribution in [3.63, 3.8) is 0 Å². The minimum atomic E-state index is -0.756. The molecule has 1 N–H and O–H groups in total. The van der Waals surface area contributed by atoms with Crippen molar-refractivity contribution in [2.45, 2.75) is 39.7 Å². The highest BCUT2D eigenvalue weighted by Gasteiger charge is 2.25. The maximum atomic E-state index is 11.2. The van der Waals surface area contributed by atoms with Gasteiger partial charge in [0.25, 0.3) is 0 Å². The maximum Gasteiger partial charge on any atom is 0.303 e. The van der Waals surface area contributed by atoms with E-state index in [2.05, 4.69) is 70.7 Å². The summed E-state index contributed by atoms with van der Waals surface area (Å²) in [5.74, 6) is 0.215. The van der Waals surface area contributed by atoms with E-state index < -0.39 is 5.97 Å². The fourth-order valence-electron chi connectivity index (χ4n) is 3.90. The maximum absolute atomic E-state index is 11.2. The van der Waals surface area contributed by atoms with Crippen LogP contribution in [-0.2, 0) is 11.3 Å². The van der Waals surface area contributed by atoms with E-state index >= 15 is 0 Å². The molecule has 0 aliphatic heterocycles. The molecule has 0 spiro atoms. The number of benzene rings is 2. The van der Waals surface area contributed by atoms with Crippen molar-refractivity contribution in [1.82, 2.24) is 4.57 Å². The molecule has 148 valence electrons. The molecule has 0 aliphatic rings. The number of aliphatic carboxylic acids is 1. The van der Waals surface area contributed by atoms with Crippen molar-refractivity contribution in [2.24, 2.45) is 5.92 Å². The lowest BCUT2D eigenvalue weighted by atomic mass is 9.85. The third-order valence-corrected chi connectivity index (χ3v) is 6.17. The van der Waals surface area contributed by atoms with Crippen LogP contribution in [0, 0.1) is 12.8 Å². The Bertz CT molecular complexity index is 991. The molecule has 0 bridgehead atoms. The van der Waals surface area contributed by atoms with E-state index in [4.69, 9.17) is 4.74 Å². The molecule has 0 amide bonds. The largest absolute Gasteiger partial charge is 0.497 e. The second kappa shape index (κ2) is 8.39. The van der Waals surface area contributed by atoms with Gasteiger partial charge in [-0.2, -0.15) is 0 Å². The number of halogens is 1. The average molecular weight is 444 g/mol. The average Bonchev–Trinajstić information content (AvgIpc) is 2.93. The summed E-state index contributed by atoms with van der Waals surface area (Å²) in [5, 5.41) is 10.4. The summed E-state index contributed by atoms with van der Waals surface area (Å²) in [6.45, 7) is 7.03.